The zero-order valence-electron chi connectivity index (χ0n) is 13.2. The molecule has 2 fully saturated rings. The van der Waals surface area contributed by atoms with E-state index in [1.54, 1.807) is 7.11 Å². The van der Waals surface area contributed by atoms with Crippen molar-refractivity contribution in [3.63, 3.8) is 0 Å². The van der Waals surface area contributed by atoms with Gasteiger partial charge in [-0.3, -0.25) is 4.79 Å². The van der Waals surface area contributed by atoms with Gasteiger partial charge >= 0.3 is 0 Å². The largest absolute Gasteiger partial charge is 0.379 e. The van der Waals surface area contributed by atoms with E-state index in [9.17, 15) is 4.79 Å². The highest BCUT2D eigenvalue weighted by atomic mass is 16.5. The highest BCUT2D eigenvalue weighted by Crippen LogP contribution is 2.31. The second-order valence-corrected chi connectivity index (χ2v) is 6.80. The lowest BCUT2D eigenvalue weighted by molar-refractivity contribution is -0.142. The molecule has 116 valence electrons. The summed E-state index contributed by atoms with van der Waals surface area (Å²) in [6.07, 6.45) is 5.67. The van der Waals surface area contributed by atoms with Gasteiger partial charge in [0.2, 0.25) is 5.91 Å². The average Bonchev–Trinajstić information content (AvgIpc) is 2.46. The first-order valence-corrected chi connectivity index (χ1v) is 8.10. The molecule has 2 aliphatic rings. The minimum Gasteiger partial charge on any atom is -0.379 e. The third-order valence-corrected chi connectivity index (χ3v) is 5.36. The molecular weight excluding hydrogens is 252 g/mol. The van der Waals surface area contributed by atoms with Crippen LogP contribution in [-0.2, 0) is 9.53 Å². The van der Waals surface area contributed by atoms with Crippen molar-refractivity contribution in [2.75, 3.05) is 20.2 Å². The normalized spacial score (nSPS) is 36.7. The summed E-state index contributed by atoms with van der Waals surface area (Å²) < 4.78 is 5.51. The Morgan fingerprint density at radius 2 is 2.10 bits per heavy atom. The van der Waals surface area contributed by atoms with Crippen LogP contribution in [0.4, 0.5) is 0 Å². The Kier molecular flexibility index (Phi) is 5.44. The van der Waals surface area contributed by atoms with Crippen molar-refractivity contribution < 1.29 is 9.53 Å². The Balaban J connectivity index is 1.92. The summed E-state index contributed by atoms with van der Waals surface area (Å²) in [5.41, 5.74) is 6.06. The van der Waals surface area contributed by atoms with E-state index in [1.165, 1.54) is 6.42 Å². The van der Waals surface area contributed by atoms with Crippen LogP contribution in [-0.4, -0.2) is 43.2 Å². The topological polar surface area (TPSA) is 55.6 Å². The van der Waals surface area contributed by atoms with Crippen LogP contribution >= 0.6 is 0 Å². The third-order valence-electron chi connectivity index (χ3n) is 5.36. The van der Waals surface area contributed by atoms with Crippen LogP contribution < -0.4 is 5.73 Å². The van der Waals surface area contributed by atoms with Crippen molar-refractivity contribution in [1.29, 1.82) is 0 Å². The Hall–Kier alpha value is -0.610. The van der Waals surface area contributed by atoms with E-state index in [4.69, 9.17) is 10.5 Å². The van der Waals surface area contributed by atoms with Gasteiger partial charge in [-0.1, -0.05) is 20.3 Å². The van der Waals surface area contributed by atoms with E-state index in [1.807, 2.05) is 4.90 Å². The highest BCUT2D eigenvalue weighted by Gasteiger charge is 2.34. The first-order chi connectivity index (χ1) is 9.52. The highest BCUT2D eigenvalue weighted by molar-refractivity contribution is 5.79. The van der Waals surface area contributed by atoms with Crippen LogP contribution in [0.2, 0.25) is 0 Å². The first kappa shape index (κ1) is 15.8. The van der Waals surface area contributed by atoms with Gasteiger partial charge in [-0.2, -0.15) is 0 Å². The van der Waals surface area contributed by atoms with Crippen molar-refractivity contribution in [3.05, 3.63) is 0 Å². The Morgan fingerprint density at radius 3 is 2.75 bits per heavy atom. The van der Waals surface area contributed by atoms with Crippen LogP contribution in [0.1, 0.15) is 46.0 Å². The number of hydrogen-bond donors (Lipinski definition) is 1. The van der Waals surface area contributed by atoms with Crippen molar-refractivity contribution >= 4 is 5.91 Å². The molecule has 4 heteroatoms. The van der Waals surface area contributed by atoms with E-state index < -0.39 is 0 Å². The Bertz CT molecular complexity index is 330. The third kappa shape index (κ3) is 3.53. The summed E-state index contributed by atoms with van der Waals surface area (Å²) in [6.45, 7) is 5.92. The quantitative estimate of drug-likeness (QED) is 0.861. The molecular formula is C16H30N2O2. The van der Waals surface area contributed by atoms with Crippen LogP contribution in [0.15, 0.2) is 0 Å². The lowest BCUT2D eigenvalue weighted by atomic mass is 9.78. The molecule has 0 aromatic rings. The molecule has 0 aromatic carbocycles. The fourth-order valence-corrected chi connectivity index (χ4v) is 3.75. The molecule has 1 amide bonds. The molecule has 0 bridgehead atoms. The van der Waals surface area contributed by atoms with Crippen molar-refractivity contribution in [3.8, 4) is 0 Å². The van der Waals surface area contributed by atoms with Crippen LogP contribution in [0.5, 0.6) is 0 Å². The second kappa shape index (κ2) is 6.90. The van der Waals surface area contributed by atoms with Crippen molar-refractivity contribution in [1.82, 2.24) is 4.90 Å². The van der Waals surface area contributed by atoms with Gasteiger partial charge in [0.1, 0.15) is 0 Å². The fourth-order valence-electron chi connectivity index (χ4n) is 3.75. The van der Waals surface area contributed by atoms with E-state index in [-0.39, 0.29) is 18.1 Å². The SMILES string of the molecule is COC1CN(C(=O)C(C)C2CCCC(N)C2)CCC1C. The van der Waals surface area contributed by atoms with Crippen molar-refractivity contribution in [2.24, 2.45) is 23.5 Å². The zero-order valence-corrected chi connectivity index (χ0v) is 13.2. The molecule has 1 saturated carbocycles. The van der Waals surface area contributed by atoms with Crippen LogP contribution in [0, 0.1) is 17.8 Å². The molecule has 0 spiro atoms. The predicted octanol–water partition coefficient (Wildman–Crippen LogP) is 2.02. The molecule has 0 aromatic heterocycles. The van der Waals surface area contributed by atoms with Gasteiger partial charge in [-0.15, -0.1) is 0 Å². The monoisotopic (exact) mass is 282 g/mol. The van der Waals surface area contributed by atoms with Gasteiger partial charge < -0.3 is 15.4 Å². The molecule has 2 N–H and O–H groups in total. The lowest BCUT2D eigenvalue weighted by Crippen LogP contribution is -2.49. The summed E-state index contributed by atoms with van der Waals surface area (Å²) in [6, 6.07) is 0.289. The van der Waals surface area contributed by atoms with E-state index in [0.29, 0.717) is 17.7 Å². The average molecular weight is 282 g/mol. The van der Waals surface area contributed by atoms with Crippen molar-refractivity contribution in [2.45, 2.75) is 58.1 Å². The molecule has 1 saturated heterocycles. The maximum Gasteiger partial charge on any atom is 0.225 e. The van der Waals surface area contributed by atoms with Gasteiger partial charge in [0.15, 0.2) is 0 Å². The minimum atomic E-state index is 0.104. The number of carbonyl (C=O) groups is 1. The maximum absolute atomic E-state index is 12.7. The molecule has 0 radical (unpaired) electrons. The van der Waals surface area contributed by atoms with Gasteiger partial charge in [-0.25, -0.2) is 0 Å². The number of methoxy groups -OCH3 is 1. The molecule has 1 aliphatic heterocycles. The van der Waals surface area contributed by atoms with E-state index in [0.717, 1.165) is 38.8 Å². The van der Waals surface area contributed by atoms with Gasteiger partial charge in [0.05, 0.1) is 6.10 Å². The molecule has 5 unspecified atom stereocenters. The smallest absolute Gasteiger partial charge is 0.225 e. The molecule has 2 rings (SSSR count). The molecule has 4 nitrogen and oxygen atoms in total. The second-order valence-electron chi connectivity index (χ2n) is 6.80. The number of amides is 1. The summed E-state index contributed by atoms with van der Waals surface area (Å²) in [5, 5.41) is 0. The number of nitrogens with two attached hydrogens (primary N) is 1. The summed E-state index contributed by atoms with van der Waals surface area (Å²) >= 11 is 0. The number of hydrogen-bond acceptors (Lipinski definition) is 3. The number of ether oxygens (including phenoxy) is 1. The molecule has 1 heterocycles. The van der Waals surface area contributed by atoms with E-state index in [2.05, 4.69) is 13.8 Å². The van der Waals surface area contributed by atoms with Crippen LogP contribution in [0.25, 0.3) is 0 Å². The Labute approximate surface area is 123 Å². The summed E-state index contributed by atoms with van der Waals surface area (Å²) in [5.74, 6) is 1.42. The first-order valence-electron chi connectivity index (χ1n) is 8.10. The van der Waals surface area contributed by atoms with Gasteiger partial charge in [0, 0.05) is 32.2 Å². The summed E-state index contributed by atoms with van der Waals surface area (Å²) in [7, 11) is 1.75. The predicted molar refractivity (Wildman–Crippen MR) is 80.3 cm³/mol. The molecule has 1 aliphatic carbocycles. The molecule has 20 heavy (non-hydrogen) atoms. The number of rotatable bonds is 3. The summed E-state index contributed by atoms with van der Waals surface area (Å²) in [4.78, 5) is 14.7. The Morgan fingerprint density at radius 1 is 1.35 bits per heavy atom. The van der Waals surface area contributed by atoms with Gasteiger partial charge in [-0.05, 0) is 37.5 Å². The minimum absolute atomic E-state index is 0.104. The van der Waals surface area contributed by atoms with E-state index >= 15 is 0 Å². The lowest BCUT2D eigenvalue weighted by Gasteiger charge is -2.39. The van der Waals surface area contributed by atoms with Gasteiger partial charge in [0.25, 0.3) is 0 Å². The standard InChI is InChI=1S/C16H30N2O2/c1-11-7-8-18(10-15(11)20-3)16(19)12(2)13-5-4-6-14(17)9-13/h11-15H,4-10,17H2,1-3H3. The fraction of sp³-hybridized carbons (Fsp3) is 0.938. The number of likely N-dealkylation sites (tertiary alicyclic amines) is 1. The zero-order chi connectivity index (χ0) is 14.7. The number of piperidine rings is 1. The molecule has 5 atom stereocenters. The number of carbonyl (C=O) groups excluding carboxylic acids is 1. The number of nitrogens with zero attached hydrogens (tertiary/aromatic N) is 1. The maximum atomic E-state index is 12.7. The van der Waals surface area contributed by atoms with Crippen LogP contribution in [0.3, 0.4) is 0 Å².